The van der Waals surface area contributed by atoms with Crippen LogP contribution in [-0.2, 0) is 17.9 Å². The van der Waals surface area contributed by atoms with E-state index >= 15 is 0 Å². The zero-order chi connectivity index (χ0) is 21.1. The van der Waals surface area contributed by atoms with Gasteiger partial charge in [-0.05, 0) is 52.8 Å². The highest BCUT2D eigenvalue weighted by Gasteiger charge is 2.18. The maximum atomic E-state index is 13.5. The summed E-state index contributed by atoms with van der Waals surface area (Å²) in [5, 5.41) is 10.1. The minimum Gasteiger partial charge on any atom is -0.478 e. The van der Waals surface area contributed by atoms with Gasteiger partial charge in [0.15, 0.2) is 0 Å². The minimum atomic E-state index is -1.06. The molecule has 0 unspecified atom stereocenters. The molecule has 0 amide bonds. The molecule has 0 fully saturated rings. The Bertz CT molecular complexity index is 1150. The Labute approximate surface area is 167 Å². The topological polar surface area (TPSA) is 85.3 Å². The normalized spacial score (nSPS) is 11.6. The van der Waals surface area contributed by atoms with Gasteiger partial charge in [0, 0.05) is 35.8 Å². The van der Waals surface area contributed by atoms with Gasteiger partial charge in [-0.1, -0.05) is 32.0 Å². The fourth-order valence-electron chi connectivity index (χ4n) is 3.49. The van der Waals surface area contributed by atoms with E-state index in [4.69, 9.17) is 10.8 Å². The van der Waals surface area contributed by atoms with E-state index in [1.54, 1.807) is 34.9 Å². The quantitative estimate of drug-likeness (QED) is 0.619. The van der Waals surface area contributed by atoms with Crippen LogP contribution in [-0.4, -0.2) is 15.6 Å². The van der Waals surface area contributed by atoms with Gasteiger partial charge in [-0.3, -0.25) is 4.79 Å². The van der Waals surface area contributed by atoms with Crippen molar-refractivity contribution in [3.05, 3.63) is 76.0 Å². The number of carboxylic acids is 1. The van der Waals surface area contributed by atoms with E-state index in [1.165, 1.54) is 18.2 Å². The summed E-state index contributed by atoms with van der Waals surface area (Å²) in [6, 6.07) is 11.2. The van der Waals surface area contributed by atoms with E-state index in [0.29, 0.717) is 28.6 Å². The van der Waals surface area contributed by atoms with Crippen molar-refractivity contribution >= 4 is 22.8 Å². The Morgan fingerprint density at radius 3 is 2.45 bits per heavy atom. The molecule has 0 bridgehead atoms. The van der Waals surface area contributed by atoms with E-state index in [2.05, 4.69) is 0 Å². The Morgan fingerprint density at radius 1 is 1.17 bits per heavy atom. The highest BCUT2D eigenvalue weighted by atomic mass is 19.1. The summed E-state index contributed by atoms with van der Waals surface area (Å²) in [4.78, 5) is 24.1. The number of aromatic nitrogens is 1. The standard InChI is InChI=1S/C23H23FN2O3/c1-14(2)13-26-20(12-25)22(16-5-7-17(24)8-6-16)19-11-15(4-10-21(27)28)3-9-18(19)23(26)29/h3-11,14H,12-13,25H2,1-2H3,(H,27,28)/b10-4+. The molecule has 1 aromatic heterocycles. The predicted molar refractivity (Wildman–Crippen MR) is 113 cm³/mol. The highest BCUT2D eigenvalue weighted by Crippen LogP contribution is 2.32. The van der Waals surface area contributed by atoms with Crippen LogP contribution in [0.1, 0.15) is 25.1 Å². The Balaban J connectivity index is 2.41. The molecule has 1 heterocycles. The van der Waals surface area contributed by atoms with Gasteiger partial charge in [-0.2, -0.15) is 0 Å². The molecule has 0 saturated carbocycles. The first-order valence-electron chi connectivity index (χ1n) is 9.38. The van der Waals surface area contributed by atoms with Crippen LogP contribution >= 0.6 is 0 Å². The second-order valence-corrected chi connectivity index (χ2v) is 7.32. The number of hydrogen-bond acceptors (Lipinski definition) is 3. The number of benzene rings is 2. The number of hydrogen-bond donors (Lipinski definition) is 2. The second kappa shape index (κ2) is 8.41. The van der Waals surface area contributed by atoms with Crippen molar-refractivity contribution in [3.8, 4) is 11.1 Å². The number of rotatable bonds is 6. The van der Waals surface area contributed by atoms with E-state index in [-0.39, 0.29) is 23.8 Å². The van der Waals surface area contributed by atoms with Crippen molar-refractivity contribution in [1.29, 1.82) is 0 Å². The fourth-order valence-corrected chi connectivity index (χ4v) is 3.49. The molecule has 5 nitrogen and oxygen atoms in total. The van der Waals surface area contributed by atoms with Gasteiger partial charge in [-0.25, -0.2) is 9.18 Å². The Morgan fingerprint density at radius 2 is 1.86 bits per heavy atom. The lowest BCUT2D eigenvalue weighted by molar-refractivity contribution is -0.131. The van der Waals surface area contributed by atoms with Crippen LogP contribution in [0.15, 0.2) is 53.3 Å². The number of nitrogens with zero attached hydrogens (tertiary/aromatic N) is 1. The SMILES string of the molecule is CC(C)Cn1c(CN)c(-c2ccc(F)cc2)c2cc(/C=C/C(=O)O)ccc2c1=O. The minimum absolute atomic E-state index is 0.139. The largest absolute Gasteiger partial charge is 0.478 e. The molecule has 3 N–H and O–H groups in total. The van der Waals surface area contributed by atoms with Crippen LogP contribution < -0.4 is 11.3 Å². The van der Waals surface area contributed by atoms with E-state index < -0.39 is 5.97 Å². The van der Waals surface area contributed by atoms with Crippen molar-refractivity contribution < 1.29 is 14.3 Å². The summed E-state index contributed by atoms with van der Waals surface area (Å²) in [5.74, 6) is -1.18. The average molecular weight is 394 g/mol. The number of fused-ring (bicyclic) bond motifs is 1. The van der Waals surface area contributed by atoms with Crippen LogP contribution in [0, 0.1) is 11.7 Å². The van der Waals surface area contributed by atoms with Crippen molar-refractivity contribution in [1.82, 2.24) is 4.57 Å². The van der Waals surface area contributed by atoms with Crippen LogP contribution in [0.5, 0.6) is 0 Å². The Kier molecular flexibility index (Phi) is 5.94. The molecule has 6 heteroatoms. The van der Waals surface area contributed by atoms with Crippen molar-refractivity contribution in [2.24, 2.45) is 11.7 Å². The van der Waals surface area contributed by atoms with Crippen LogP contribution in [0.4, 0.5) is 4.39 Å². The monoisotopic (exact) mass is 394 g/mol. The van der Waals surface area contributed by atoms with E-state index in [0.717, 1.165) is 17.2 Å². The third-order valence-electron chi connectivity index (χ3n) is 4.70. The number of carbonyl (C=O) groups is 1. The van der Waals surface area contributed by atoms with E-state index in [9.17, 15) is 14.0 Å². The Hall–Kier alpha value is -3.25. The van der Waals surface area contributed by atoms with Gasteiger partial charge in [-0.15, -0.1) is 0 Å². The number of aliphatic carboxylic acids is 1. The van der Waals surface area contributed by atoms with Crippen LogP contribution in [0.3, 0.4) is 0 Å². The van der Waals surface area contributed by atoms with Gasteiger partial charge < -0.3 is 15.4 Å². The molecule has 0 aliphatic heterocycles. The highest BCUT2D eigenvalue weighted by molar-refractivity contribution is 5.99. The summed E-state index contributed by atoms with van der Waals surface area (Å²) in [7, 11) is 0. The summed E-state index contributed by atoms with van der Waals surface area (Å²) < 4.78 is 15.2. The predicted octanol–water partition coefficient (Wildman–Crippen LogP) is 4.02. The summed E-state index contributed by atoms with van der Waals surface area (Å²) >= 11 is 0. The molecule has 29 heavy (non-hydrogen) atoms. The fraction of sp³-hybridized carbons (Fsp3) is 0.217. The first kappa shape index (κ1) is 20.5. The second-order valence-electron chi connectivity index (χ2n) is 7.32. The first-order valence-corrected chi connectivity index (χ1v) is 9.38. The summed E-state index contributed by atoms with van der Waals surface area (Å²) in [6.07, 6.45) is 2.51. The molecule has 150 valence electrons. The third kappa shape index (κ3) is 4.27. The molecule has 3 rings (SSSR count). The molecular formula is C23H23FN2O3. The van der Waals surface area contributed by atoms with Crippen LogP contribution in [0.2, 0.25) is 0 Å². The molecule has 0 radical (unpaired) electrons. The molecule has 0 atom stereocenters. The average Bonchev–Trinajstić information content (AvgIpc) is 2.68. The molecule has 0 aliphatic carbocycles. The van der Waals surface area contributed by atoms with Crippen molar-refractivity contribution in [3.63, 3.8) is 0 Å². The summed E-state index contributed by atoms with van der Waals surface area (Å²) in [6.45, 7) is 4.69. The smallest absolute Gasteiger partial charge is 0.328 e. The molecular weight excluding hydrogens is 371 g/mol. The third-order valence-corrected chi connectivity index (χ3v) is 4.70. The van der Waals surface area contributed by atoms with Crippen molar-refractivity contribution in [2.45, 2.75) is 26.9 Å². The number of carboxylic acid groups (broad SMARTS) is 1. The molecule has 2 aromatic carbocycles. The molecule has 0 saturated heterocycles. The van der Waals surface area contributed by atoms with Gasteiger partial charge >= 0.3 is 5.97 Å². The van der Waals surface area contributed by atoms with Crippen LogP contribution in [0.25, 0.3) is 28.0 Å². The zero-order valence-electron chi connectivity index (χ0n) is 16.4. The number of nitrogens with two attached hydrogens (primary N) is 1. The lowest BCUT2D eigenvalue weighted by Crippen LogP contribution is -2.28. The molecule has 0 spiro atoms. The van der Waals surface area contributed by atoms with Gasteiger partial charge in [0.25, 0.3) is 5.56 Å². The first-order chi connectivity index (χ1) is 13.8. The summed E-state index contributed by atoms with van der Waals surface area (Å²) in [5.41, 5.74) is 8.74. The lowest BCUT2D eigenvalue weighted by Gasteiger charge is -2.21. The maximum absolute atomic E-state index is 13.5. The van der Waals surface area contributed by atoms with Gasteiger partial charge in [0.1, 0.15) is 5.82 Å². The van der Waals surface area contributed by atoms with Crippen molar-refractivity contribution in [2.75, 3.05) is 0 Å². The number of halogens is 1. The number of pyridine rings is 1. The molecule has 0 aliphatic rings. The lowest BCUT2D eigenvalue weighted by atomic mass is 9.94. The zero-order valence-corrected chi connectivity index (χ0v) is 16.4. The maximum Gasteiger partial charge on any atom is 0.328 e. The van der Waals surface area contributed by atoms with Gasteiger partial charge in [0.2, 0.25) is 0 Å². The van der Waals surface area contributed by atoms with Gasteiger partial charge in [0.05, 0.1) is 0 Å². The van der Waals surface area contributed by atoms with E-state index in [1.807, 2.05) is 13.8 Å². The molecule has 3 aromatic rings.